The molecule has 29 heavy (non-hydrogen) atoms. The van der Waals surface area contributed by atoms with E-state index < -0.39 is 18.0 Å². The van der Waals surface area contributed by atoms with Gasteiger partial charge in [-0.15, -0.1) is 11.8 Å². The number of β-lactam (4-membered cyclic amide) rings is 1. The minimum Gasteiger partial charge on any atom is -0.477 e. The molecule has 0 spiro atoms. The van der Waals surface area contributed by atoms with Crippen molar-refractivity contribution in [3.05, 3.63) is 10.6 Å². The topological polar surface area (TPSA) is 136 Å². The van der Waals surface area contributed by atoms with Crippen molar-refractivity contribution in [2.24, 2.45) is 17.6 Å². The molecule has 0 aromatic rings. The normalized spacial score (nSPS) is 32.5. The minimum absolute atomic E-state index is 0.0824. The van der Waals surface area contributed by atoms with Crippen LogP contribution < -0.4 is 11.1 Å². The highest BCUT2D eigenvalue weighted by Gasteiger charge is 2.60. The van der Waals surface area contributed by atoms with E-state index in [0.29, 0.717) is 0 Å². The highest BCUT2D eigenvalue weighted by molar-refractivity contribution is 8.03. The first-order valence-electron chi connectivity index (χ1n) is 9.97. The number of nitrogens with zero attached hydrogens (tertiary/aromatic N) is 2. The molecule has 3 aliphatic rings. The van der Waals surface area contributed by atoms with E-state index in [-0.39, 0.29) is 47.3 Å². The predicted octanol–water partition coefficient (Wildman–Crippen LogP) is -0.589. The number of rotatable bonds is 9. The van der Waals surface area contributed by atoms with Crippen molar-refractivity contribution in [1.82, 2.24) is 15.1 Å². The molecular formula is C19H30N4O5S. The minimum atomic E-state index is -1.09. The van der Waals surface area contributed by atoms with Crippen molar-refractivity contribution in [2.75, 3.05) is 26.7 Å². The number of carbonyl (C=O) groups excluding carboxylic acids is 2. The maximum atomic E-state index is 12.4. The summed E-state index contributed by atoms with van der Waals surface area (Å²) >= 11 is 1.54. The van der Waals surface area contributed by atoms with Crippen molar-refractivity contribution in [3.63, 3.8) is 0 Å². The van der Waals surface area contributed by atoms with Crippen LogP contribution in [0.1, 0.15) is 26.7 Å². The van der Waals surface area contributed by atoms with Gasteiger partial charge in [0, 0.05) is 28.7 Å². The highest BCUT2D eigenvalue weighted by atomic mass is 32.2. The Hall–Kier alpha value is -1.62. The van der Waals surface area contributed by atoms with Crippen LogP contribution in [-0.4, -0.2) is 87.9 Å². The number of nitrogens with two attached hydrogens (primary N) is 1. The Morgan fingerprint density at radius 3 is 2.72 bits per heavy atom. The molecule has 2 amide bonds. The molecule has 5 N–H and O–H groups in total. The van der Waals surface area contributed by atoms with E-state index in [2.05, 4.69) is 5.32 Å². The van der Waals surface area contributed by atoms with E-state index in [9.17, 15) is 24.6 Å². The number of likely N-dealkylation sites (N-methyl/N-ethyl adjacent to an activating group) is 1. The number of carboxylic acids is 1. The van der Waals surface area contributed by atoms with Gasteiger partial charge < -0.3 is 26.2 Å². The molecule has 0 radical (unpaired) electrons. The Bertz CT molecular complexity index is 727. The van der Waals surface area contributed by atoms with E-state index in [0.717, 1.165) is 30.8 Å². The molecule has 0 aromatic carbocycles. The largest absolute Gasteiger partial charge is 0.477 e. The molecule has 162 valence electrons. The van der Waals surface area contributed by atoms with Gasteiger partial charge in [0.15, 0.2) is 0 Å². The molecule has 2 saturated heterocycles. The third kappa shape index (κ3) is 4.30. The first-order valence-corrected chi connectivity index (χ1v) is 10.8. The maximum absolute atomic E-state index is 12.4. The molecule has 0 bridgehead atoms. The van der Waals surface area contributed by atoms with Crippen molar-refractivity contribution in [1.29, 1.82) is 0 Å². The zero-order valence-electron chi connectivity index (χ0n) is 17.0. The van der Waals surface area contributed by atoms with Crippen molar-refractivity contribution in [3.8, 4) is 0 Å². The number of carboxylic acid groups (broad SMARTS) is 1. The number of carbonyl (C=O) groups is 3. The van der Waals surface area contributed by atoms with Crippen LogP contribution in [0, 0.1) is 11.8 Å². The lowest BCUT2D eigenvalue weighted by atomic mass is 9.79. The Kier molecular flexibility index (Phi) is 6.57. The van der Waals surface area contributed by atoms with Gasteiger partial charge in [0.05, 0.1) is 24.6 Å². The zero-order valence-corrected chi connectivity index (χ0v) is 17.8. The lowest BCUT2D eigenvalue weighted by Gasteiger charge is -2.46. The van der Waals surface area contributed by atoms with Gasteiger partial charge in [-0.25, -0.2) is 4.79 Å². The van der Waals surface area contributed by atoms with Gasteiger partial charge >= 0.3 is 5.97 Å². The van der Waals surface area contributed by atoms with Crippen LogP contribution in [0.3, 0.4) is 0 Å². The molecule has 9 nitrogen and oxygen atoms in total. The van der Waals surface area contributed by atoms with Gasteiger partial charge in [-0.3, -0.25) is 14.5 Å². The van der Waals surface area contributed by atoms with Gasteiger partial charge in [0.2, 0.25) is 11.8 Å². The number of amides is 2. The van der Waals surface area contributed by atoms with Crippen LogP contribution >= 0.6 is 11.8 Å². The predicted molar refractivity (Wildman–Crippen MR) is 109 cm³/mol. The van der Waals surface area contributed by atoms with E-state index in [1.54, 1.807) is 18.7 Å². The van der Waals surface area contributed by atoms with Crippen molar-refractivity contribution in [2.45, 2.75) is 50.1 Å². The average Bonchev–Trinajstić information content (AvgIpc) is 3.14. The van der Waals surface area contributed by atoms with E-state index in [1.165, 1.54) is 4.90 Å². The van der Waals surface area contributed by atoms with Crippen molar-refractivity contribution >= 4 is 29.5 Å². The molecule has 3 rings (SSSR count). The van der Waals surface area contributed by atoms with Crippen molar-refractivity contribution < 1.29 is 24.6 Å². The first-order chi connectivity index (χ1) is 13.6. The fourth-order valence-electron chi connectivity index (χ4n) is 4.67. The molecule has 6 atom stereocenters. The molecule has 3 aliphatic heterocycles. The summed E-state index contributed by atoms with van der Waals surface area (Å²) in [6.07, 6.45) is 0.968. The quantitative estimate of drug-likeness (QED) is 0.359. The molecule has 10 heteroatoms. The Morgan fingerprint density at radius 2 is 2.14 bits per heavy atom. The van der Waals surface area contributed by atoms with Crippen LogP contribution in [0.25, 0.3) is 0 Å². The molecule has 0 unspecified atom stereocenters. The fraction of sp³-hybridized carbons (Fsp3) is 0.737. The molecule has 3 heterocycles. The number of nitrogens with one attached hydrogen (secondary N) is 1. The number of aliphatic carboxylic acids is 1. The Labute approximate surface area is 174 Å². The number of hydrogen-bond donors (Lipinski definition) is 4. The standard InChI is InChI=1S/C19H30N4O5S/c1-9-15-14(10(2)24)18(26)23(15)16(19(27)28)17(9)29-12-6-11(21-7-12)4-5-22(3)8-13(20)25/h9-12,14-15,21,24H,4-8H2,1-3H3,(H2,20,25)(H,27,28)/t9-,10-,11-,12+,14-,15-/m1/s1. The summed E-state index contributed by atoms with van der Waals surface area (Å²) < 4.78 is 0. The van der Waals surface area contributed by atoms with Gasteiger partial charge in [-0.1, -0.05) is 6.92 Å². The molecule has 0 saturated carbocycles. The second kappa shape index (κ2) is 8.63. The van der Waals surface area contributed by atoms with E-state index in [1.807, 2.05) is 18.9 Å². The number of primary amides is 1. The molecule has 0 aromatic heterocycles. The summed E-state index contributed by atoms with van der Waals surface area (Å²) in [5.74, 6) is -2.38. The summed E-state index contributed by atoms with van der Waals surface area (Å²) in [4.78, 5) is 39.3. The van der Waals surface area contributed by atoms with Gasteiger partial charge in [0.25, 0.3) is 0 Å². The summed E-state index contributed by atoms with van der Waals surface area (Å²) in [5, 5.41) is 23.3. The smallest absolute Gasteiger partial charge is 0.353 e. The number of fused-ring (bicyclic) bond motifs is 1. The third-order valence-electron chi connectivity index (χ3n) is 6.07. The van der Waals surface area contributed by atoms with Crippen LogP contribution in [0.15, 0.2) is 10.6 Å². The SMILES string of the molecule is C[C@@H](O)[C@H]1C(=O)N2C(C(=O)O)=C(S[C@@H]3CN[C@H](CCN(C)CC(N)=O)C3)[C@H](C)[C@H]12. The average molecular weight is 427 g/mol. The first kappa shape index (κ1) is 22.1. The highest BCUT2D eigenvalue weighted by Crippen LogP contribution is 2.51. The molecular weight excluding hydrogens is 396 g/mol. The second-order valence-electron chi connectivity index (χ2n) is 8.35. The van der Waals surface area contributed by atoms with Crippen LogP contribution in [0.2, 0.25) is 0 Å². The van der Waals surface area contributed by atoms with E-state index in [4.69, 9.17) is 5.73 Å². The molecule has 2 fully saturated rings. The van der Waals surface area contributed by atoms with Gasteiger partial charge in [-0.2, -0.15) is 0 Å². The number of thioether (sulfide) groups is 1. The van der Waals surface area contributed by atoms with E-state index >= 15 is 0 Å². The Balaban J connectivity index is 1.62. The summed E-state index contributed by atoms with van der Waals surface area (Å²) in [5.41, 5.74) is 5.29. The maximum Gasteiger partial charge on any atom is 0.353 e. The third-order valence-corrected chi connectivity index (χ3v) is 7.58. The number of aliphatic hydroxyl groups excluding tert-OH is 1. The lowest BCUT2D eigenvalue weighted by Crippen LogP contribution is -2.63. The van der Waals surface area contributed by atoms with Crippen LogP contribution in [0.5, 0.6) is 0 Å². The summed E-state index contributed by atoms with van der Waals surface area (Å²) in [7, 11) is 1.86. The monoisotopic (exact) mass is 426 g/mol. The van der Waals surface area contributed by atoms with Gasteiger partial charge in [0.1, 0.15) is 5.70 Å². The number of hydrogen-bond acceptors (Lipinski definition) is 7. The zero-order chi connectivity index (χ0) is 21.5. The van der Waals surface area contributed by atoms with Crippen LogP contribution in [0.4, 0.5) is 0 Å². The molecule has 0 aliphatic carbocycles. The summed E-state index contributed by atoms with van der Waals surface area (Å²) in [6.45, 7) is 5.26. The number of aliphatic hydroxyl groups is 1. The second-order valence-corrected chi connectivity index (χ2v) is 9.69. The Morgan fingerprint density at radius 1 is 1.45 bits per heavy atom. The fourth-order valence-corrected chi connectivity index (χ4v) is 6.19. The van der Waals surface area contributed by atoms with Crippen LogP contribution in [-0.2, 0) is 14.4 Å². The van der Waals surface area contributed by atoms with Gasteiger partial charge in [-0.05, 0) is 33.4 Å². The lowest BCUT2D eigenvalue weighted by molar-refractivity contribution is -0.163. The summed E-state index contributed by atoms with van der Waals surface area (Å²) in [6, 6.07) is 0.0148.